The zero-order chi connectivity index (χ0) is 15.9. The topological polar surface area (TPSA) is 54.7 Å². The summed E-state index contributed by atoms with van der Waals surface area (Å²) in [5.41, 5.74) is 0. The highest BCUT2D eigenvalue weighted by Crippen LogP contribution is 2.24. The number of likely N-dealkylation sites (tertiary alicyclic amines) is 1. The van der Waals surface area contributed by atoms with Gasteiger partial charge >= 0.3 is 0 Å². The van der Waals surface area contributed by atoms with E-state index in [2.05, 4.69) is 10.2 Å². The minimum atomic E-state index is -0.121. The number of nitrogens with zero attached hydrogens (tertiary/aromatic N) is 1. The summed E-state index contributed by atoms with van der Waals surface area (Å²) in [6, 6.07) is 13.3. The van der Waals surface area contributed by atoms with Gasteiger partial charge in [0.15, 0.2) is 6.61 Å². The molecule has 0 spiro atoms. The van der Waals surface area contributed by atoms with Crippen molar-refractivity contribution < 1.29 is 13.9 Å². The summed E-state index contributed by atoms with van der Waals surface area (Å²) in [5.74, 6) is 1.48. The molecule has 1 aliphatic rings. The molecule has 1 aliphatic heterocycles. The zero-order valence-electron chi connectivity index (χ0n) is 13.1. The first-order chi connectivity index (χ1) is 11.3. The van der Waals surface area contributed by atoms with E-state index in [4.69, 9.17) is 9.15 Å². The molecule has 122 valence electrons. The van der Waals surface area contributed by atoms with E-state index in [1.54, 1.807) is 6.26 Å². The first-order valence-corrected chi connectivity index (χ1v) is 8.05. The molecule has 1 aromatic carbocycles. The van der Waals surface area contributed by atoms with Crippen LogP contribution in [-0.4, -0.2) is 37.0 Å². The quantitative estimate of drug-likeness (QED) is 0.853. The standard InChI is InChI=1S/C18H22N2O3/c21-18(14-23-15-7-2-1-3-8-15)19-13-16(17-9-6-12-22-17)20-10-4-5-11-20/h1-3,6-9,12,16H,4-5,10-11,13-14H2,(H,19,21)/t16-/m0/s1. The van der Waals surface area contributed by atoms with Crippen molar-refractivity contribution >= 4 is 5.91 Å². The number of furan rings is 1. The average molecular weight is 314 g/mol. The van der Waals surface area contributed by atoms with E-state index in [0.29, 0.717) is 12.3 Å². The SMILES string of the molecule is O=C(COc1ccccc1)NC[C@@H](c1ccco1)N1CCCC1. The van der Waals surface area contributed by atoms with Gasteiger partial charge in [0.1, 0.15) is 11.5 Å². The highest BCUT2D eigenvalue weighted by molar-refractivity contribution is 5.77. The third kappa shape index (κ3) is 4.36. The largest absolute Gasteiger partial charge is 0.484 e. The van der Waals surface area contributed by atoms with Crippen molar-refractivity contribution in [3.63, 3.8) is 0 Å². The zero-order valence-corrected chi connectivity index (χ0v) is 13.1. The summed E-state index contributed by atoms with van der Waals surface area (Å²) in [6.45, 7) is 2.64. The highest BCUT2D eigenvalue weighted by atomic mass is 16.5. The molecule has 1 atom stereocenters. The van der Waals surface area contributed by atoms with E-state index in [0.717, 1.165) is 18.8 Å². The Morgan fingerprint density at radius 3 is 2.65 bits per heavy atom. The molecule has 1 N–H and O–H groups in total. The van der Waals surface area contributed by atoms with Gasteiger partial charge in [0.2, 0.25) is 0 Å². The summed E-state index contributed by atoms with van der Waals surface area (Å²) in [4.78, 5) is 14.4. The van der Waals surface area contributed by atoms with Crippen LogP contribution < -0.4 is 10.1 Å². The van der Waals surface area contributed by atoms with Crippen molar-refractivity contribution in [2.24, 2.45) is 0 Å². The smallest absolute Gasteiger partial charge is 0.258 e. The molecular formula is C18H22N2O3. The van der Waals surface area contributed by atoms with Gasteiger partial charge in [0.05, 0.1) is 12.3 Å². The van der Waals surface area contributed by atoms with Gasteiger partial charge in [-0.2, -0.15) is 0 Å². The van der Waals surface area contributed by atoms with Gasteiger partial charge in [-0.15, -0.1) is 0 Å². The van der Waals surface area contributed by atoms with Gasteiger partial charge in [-0.3, -0.25) is 9.69 Å². The Morgan fingerprint density at radius 2 is 1.96 bits per heavy atom. The minimum absolute atomic E-state index is 0.0227. The van der Waals surface area contributed by atoms with Crippen LogP contribution in [0.2, 0.25) is 0 Å². The lowest BCUT2D eigenvalue weighted by atomic mass is 10.2. The molecule has 5 heteroatoms. The lowest BCUT2D eigenvalue weighted by molar-refractivity contribution is -0.123. The van der Waals surface area contributed by atoms with E-state index in [9.17, 15) is 4.79 Å². The number of nitrogens with one attached hydrogen (secondary N) is 1. The van der Waals surface area contributed by atoms with Gasteiger partial charge < -0.3 is 14.5 Å². The third-order valence-electron chi connectivity index (χ3n) is 4.06. The fourth-order valence-electron chi connectivity index (χ4n) is 2.87. The highest BCUT2D eigenvalue weighted by Gasteiger charge is 2.25. The normalized spacial score (nSPS) is 16.2. The van der Waals surface area contributed by atoms with Gasteiger partial charge in [-0.25, -0.2) is 0 Å². The predicted octanol–water partition coefficient (Wildman–Crippen LogP) is 2.61. The average Bonchev–Trinajstić information content (AvgIpc) is 3.28. The van der Waals surface area contributed by atoms with Crippen LogP contribution in [0.5, 0.6) is 5.75 Å². The number of carbonyl (C=O) groups is 1. The second-order valence-corrected chi connectivity index (χ2v) is 5.68. The lowest BCUT2D eigenvalue weighted by Gasteiger charge is -2.26. The first-order valence-electron chi connectivity index (χ1n) is 8.05. The number of amides is 1. The molecule has 3 rings (SSSR count). The molecule has 2 heterocycles. The minimum Gasteiger partial charge on any atom is -0.484 e. The Hall–Kier alpha value is -2.27. The van der Waals surface area contributed by atoms with Crippen LogP contribution in [0.3, 0.4) is 0 Å². The number of carbonyl (C=O) groups excluding carboxylic acids is 1. The molecule has 1 aromatic heterocycles. The Morgan fingerprint density at radius 1 is 1.17 bits per heavy atom. The van der Waals surface area contributed by atoms with Crippen LogP contribution >= 0.6 is 0 Å². The molecule has 23 heavy (non-hydrogen) atoms. The number of hydrogen-bond donors (Lipinski definition) is 1. The van der Waals surface area contributed by atoms with Crippen LogP contribution in [0, 0.1) is 0 Å². The second-order valence-electron chi connectivity index (χ2n) is 5.68. The molecular weight excluding hydrogens is 292 g/mol. The van der Waals surface area contributed by atoms with Crippen LogP contribution in [0.15, 0.2) is 53.1 Å². The molecule has 1 fully saturated rings. The van der Waals surface area contributed by atoms with E-state index >= 15 is 0 Å². The molecule has 1 amide bonds. The van der Waals surface area contributed by atoms with E-state index in [-0.39, 0.29) is 18.6 Å². The molecule has 0 aliphatic carbocycles. The van der Waals surface area contributed by atoms with Crippen molar-refractivity contribution in [3.05, 3.63) is 54.5 Å². The van der Waals surface area contributed by atoms with Gasteiger partial charge in [0, 0.05) is 6.54 Å². The maximum atomic E-state index is 12.0. The van der Waals surface area contributed by atoms with E-state index < -0.39 is 0 Å². The third-order valence-corrected chi connectivity index (χ3v) is 4.06. The Bertz CT molecular complexity index is 592. The fourth-order valence-corrected chi connectivity index (χ4v) is 2.87. The Balaban J connectivity index is 1.51. The van der Waals surface area contributed by atoms with Gasteiger partial charge in [0.25, 0.3) is 5.91 Å². The van der Waals surface area contributed by atoms with Crippen molar-refractivity contribution in [3.8, 4) is 5.75 Å². The summed E-state index contributed by atoms with van der Waals surface area (Å²) < 4.78 is 11.0. The molecule has 0 radical (unpaired) electrons. The van der Waals surface area contributed by atoms with Crippen molar-refractivity contribution in [1.82, 2.24) is 10.2 Å². The Labute approximate surface area is 136 Å². The summed E-state index contributed by atoms with van der Waals surface area (Å²) >= 11 is 0. The maximum absolute atomic E-state index is 12.0. The molecule has 5 nitrogen and oxygen atoms in total. The van der Waals surface area contributed by atoms with Crippen molar-refractivity contribution in [2.45, 2.75) is 18.9 Å². The molecule has 0 unspecified atom stereocenters. The summed E-state index contributed by atoms with van der Waals surface area (Å²) in [7, 11) is 0. The number of para-hydroxylation sites is 1. The number of benzene rings is 1. The second kappa shape index (κ2) is 7.83. The van der Waals surface area contributed by atoms with Crippen molar-refractivity contribution in [2.75, 3.05) is 26.2 Å². The summed E-state index contributed by atoms with van der Waals surface area (Å²) in [5, 5.41) is 2.95. The molecule has 0 saturated carbocycles. The van der Waals surface area contributed by atoms with E-state index in [1.807, 2.05) is 42.5 Å². The predicted molar refractivity (Wildman–Crippen MR) is 87.2 cm³/mol. The Kier molecular flexibility index (Phi) is 5.32. The van der Waals surface area contributed by atoms with Crippen LogP contribution in [0.25, 0.3) is 0 Å². The van der Waals surface area contributed by atoms with Gasteiger partial charge in [-0.1, -0.05) is 18.2 Å². The van der Waals surface area contributed by atoms with E-state index in [1.165, 1.54) is 12.8 Å². The van der Waals surface area contributed by atoms with Crippen molar-refractivity contribution in [1.29, 1.82) is 0 Å². The van der Waals surface area contributed by atoms with Crippen LogP contribution in [0.1, 0.15) is 24.6 Å². The molecule has 0 bridgehead atoms. The number of ether oxygens (including phenoxy) is 1. The number of hydrogen-bond acceptors (Lipinski definition) is 4. The monoisotopic (exact) mass is 314 g/mol. The van der Waals surface area contributed by atoms with Crippen LogP contribution in [-0.2, 0) is 4.79 Å². The maximum Gasteiger partial charge on any atom is 0.258 e. The number of rotatable bonds is 7. The van der Waals surface area contributed by atoms with Crippen LogP contribution in [0.4, 0.5) is 0 Å². The van der Waals surface area contributed by atoms with Gasteiger partial charge in [-0.05, 0) is 50.2 Å². The lowest BCUT2D eigenvalue weighted by Crippen LogP contribution is -2.38. The molecule has 2 aromatic rings. The summed E-state index contributed by atoms with van der Waals surface area (Å²) in [6.07, 6.45) is 4.07. The first kappa shape index (κ1) is 15.6. The molecule has 1 saturated heterocycles. The fraction of sp³-hybridized carbons (Fsp3) is 0.389.